The average molecular weight is 285 g/mol. The molecule has 0 bridgehead atoms. The molecule has 0 aliphatic carbocycles. The van der Waals surface area contributed by atoms with Crippen molar-refractivity contribution in [2.75, 3.05) is 13.7 Å². The van der Waals surface area contributed by atoms with Crippen molar-refractivity contribution in [1.29, 1.82) is 0 Å². The van der Waals surface area contributed by atoms with Crippen LogP contribution < -0.4 is 10.1 Å². The van der Waals surface area contributed by atoms with Crippen molar-refractivity contribution in [2.45, 2.75) is 0 Å². The van der Waals surface area contributed by atoms with Gasteiger partial charge in [0.1, 0.15) is 5.75 Å². The minimum atomic E-state index is -1.05. The Morgan fingerprint density at radius 1 is 1.05 bits per heavy atom. The number of ether oxygens (including phenoxy) is 1. The number of benzene rings is 2. The highest BCUT2D eigenvalue weighted by Crippen LogP contribution is 2.32. The van der Waals surface area contributed by atoms with Gasteiger partial charge in [-0.3, -0.25) is 4.79 Å². The van der Waals surface area contributed by atoms with E-state index in [1.165, 1.54) is 0 Å². The van der Waals surface area contributed by atoms with Gasteiger partial charge in [0, 0.05) is 18.2 Å². The van der Waals surface area contributed by atoms with Gasteiger partial charge in [0.25, 0.3) is 5.91 Å². The van der Waals surface area contributed by atoms with Crippen LogP contribution in [0.1, 0.15) is 10.4 Å². The van der Waals surface area contributed by atoms with Gasteiger partial charge in [0.2, 0.25) is 0 Å². The number of carbonyl (C=O) groups excluding carboxylic acids is 1. The Morgan fingerprint density at radius 2 is 1.67 bits per heavy atom. The molecule has 5 heteroatoms. The second-order valence-corrected chi connectivity index (χ2v) is 4.30. The Bertz CT molecular complexity index is 667. The van der Waals surface area contributed by atoms with Crippen LogP contribution in [0.4, 0.5) is 0 Å². The van der Waals surface area contributed by atoms with E-state index in [4.69, 9.17) is 9.84 Å². The predicted octanol–water partition coefficient (Wildman–Crippen LogP) is 2.18. The van der Waals surface area contributed by atoms with E-state index in [9.17, 15) is 9.59 Å². The normalized spacial score (nSPS) is 9.95. The van der Waals surface area contributed by atoms with Gasteiger partial charge >= 0.3 is 5.97 Å². The maximum Gasteiger partial charge on any atom is 0.341 e. The minimum Gasteiger partial charge on any atom is -0.481 e. The SMILES string of the molecule is CNC(=O)c1ccccc1-c1ccccc1OCC(=O)O. The van der Waals surface area contributed by atoms with E-state index in [0.29, 0.717) is 22.4 Å². The molecule has 0 radical (unpaired) electrons. The van der Waals surface area contributed by atoms with Crippen molar-refractivity contribution in [3.05, 3.63) is 54.1 Å². The van der Waals surface area contributed by atoms with Crippen LogP contribution in [-0.2, 0) is 4.79 Å². The van der Waals surface area contributed by atoms with Crippen molar-refractivity contribution in [3.8, 4) is 16.9 Å². The quantitative estimate of drug-likeness (QED) is 0.883. The molecule has 0 spiro atoms. The first-order chi connectivity index (χ1) is 10.1. The van der Waals surface area contributed by atoms with Crippen LogP contribution in [0.2, 0.25) is 0 Å². The minimum absolute atomic E-state index is 0.210. The van der Waals surface area contributed by atoms with Gasteiger partial charge in [0.15, 0.2) is 6.61 Å². The summed E-state index contributed by atoms with van der Waals surface area (Å²) < 4.78 is 5.29. The molecule has 0 aromatic heterocycles. The smallest absolute Gasteiger partial charge is 0.341 e. The third-order valence-electron chi connectivity index (χ3n) is 2.93. The van der Waals surface area contributed by atoms with Crippen molar-refractivity contribution in [1.82, 2.24) is 5.32 Å². The van der Waals surface area contributed by atoms with Crippen LogP contribution in [0.15, 0.2) is 48.5 Å². The second kappa shape index (κ2) is 6.56. The van der Waals surface area contributed by atoms with Crippen LogP contribution in [-0.4, -0.2) is 30.6 Å². The van der Waals surface area contributed by atoms with Crippen LogP contribution in [0, 0.1) is 0 Å². The monoisotopic (exact) mass is 285 g/mol. The lowest BCUT2D eigenvalue weighted by atomic mass is 9.98. The molecule has 0 saturated carbocycles. The van der Waals surface area contributed by atoms with Gasteiger partial charge in [-0.05, 0) is 17.7 Å². The number of hydrogen-bond acceptors (Lipinski definition) is 3. The van der Waals surface area contributed by atoms with Gasteiger partial charge in [-0.2, -0.15) is 0 Å². The van der Waals surface area contributed by atoms with Gasteiger partial charge in [0.05, 0.1) is 0 Å². The topological polar surface area (TPSA) is 75.6 Å². The number of rotatable bonds is 5. The van der Waals surface area contributed by atoms with E-state index < -0.39 is 12.6 Å². The first-order valence-corrected chi connectivity index (χ1v) is 6.38. The Hall–Kier alpha value is -2.82. The van der Waals surface area contributed by atoms with Gasteiger partial charge < -0.3 is 15.2 Å². The van der Waals surface area contributed by atoms with E-state index in [1.54, 1.807) is 43.4 Å². The molecule has 0 saturated heterocycles. The van der Waals surface area contributed by atoms with Gasteiger partial charge in [-0.25, -0.2) is 4.79 Å². The highest BCUT2D eigenvalue weighted by atomic mass is 16.5. The Balaban J connectivity index is 2.47. The second-order valence-electron chi connectivity index (χ2n) is 4.30. The summed E-state index contributed by atoms with van der Waals surface area (Å²) in [6, 6.07) is 14.1. The fourth-order valence-corrected chi connectivity index (χ4v) is 2.01. The number of carbonyl (C=O) groups is 2. The Morgan fingerprint density at radius 3 is 2.33 bits per heavy atom. The fourth-order valence-electron chi connectivity index (χ4n) is 2.01. The standard InChI is InChI=1S/C16H15NO4/c1-17-16(20)13-8-3-2-6-11(13)12-7-4-5-9-14(12)21-10-15(18)19/h2-9H,10H2,1H3,(H,17,20)(H,18,19). The lowest BCUT2D eigenvalue weighted by molar-refractivity contribution is -0.139. The zero-order valence-electron chi connectivity index (χ0n) is 11.5. The lowest BCUT2D eigenvalue weighted by Gasteiger charge is -2.13. The molecule has 2 N–H and O–H groups in total. The molecule has 108 valence electrons. The fraction of sp³-hybridized carbons (Fsp3) is 0.125. The van der Waals surface area contributed by atoms with Crippen LogP contribution in [0.5, 0.6) is 5.75 Å². The number of hydrogen-bond donors (Lipinski definition) is 2. The number of amides is 1. The number of carboxylic acids is 1. The molecule has 2 aromatic carbocycles. The number of para-hydroxylation sites is 1. The summed E-state index contributed by atoms with van der Waals surface area (Å²) in [6.45, 7) is -0.431. The largest absolute Gasteiger partial charge is 0.481 e. The molecule has 0 heterocycles. The number of aliphatic carboxylic acids is 1. The lowest BCUT2D eigenvalue weighted by Crippen LogP contribution is -2.18. The average Bonchev–Trinajstić information content (AvgIpc) is 2.52. The van der Waals surface area contributed by atoms with Crippen LogP contribution in [0.25, 0.3) is 11.1 Å². The van der Waals surface area contributed by atoms with Gasteiger partial charge in [-0.15, -0.1) is 0 Å². The van der Waals surface area contributed by atoms with E-state index in [2.05, 4.69) is 5.32 Å². The number of carboxylic acid groups (broad SMARTS) is 1. The molecule has 0 atom stereocenters. The summed E-state index contributed by atoms with van der Waals surface area (Å²) in [6.07, 6.45) is 0. The summed E-state index contributed by atoms with van der Waals surface area (Å²) in [4.78, 5) is 22.6. The van der Waals surface area contributed by atoms with E-state index >= 15 is 0 Å². The Labute approximate surface area is 122 Å². The maximum atomic E-state index is 11.9. The summed E-state index contributed by atoms with van der Waals surface area (Å²) in [5.41, 5.74) is 1.88. The molecule has 21 heavy (non-hydrogen) atoms. The van der Waals surface area contributed by atoms with Crippen molar-refractivity contribution < 1.29 is 19.4 Å². The summed E-state index contributed by atoms with van der Waals surface area (Å²) in [5.74, 6) is -0.834. The van der Waals surface area contributed by atoms with Gasteiger partial charge in [-0.1, -0.05) is 36.4 Å². The Kier molecular flexibility index (Phi) is 4.56. The molecule has 5 nitrogen and oxygen atoms in total. The first-order valence-electron chi connectivity index (χ1n) is 6.38. The summed E-state index contributed by atoms with van der Waals surface area (Å²) in [5, 5.41) is 11.3. The highest BCUT2D eigenvalue weighted by Gasteiger charge is 2.14. The van der Waals surface area contributed by atoms with Crippen molar-refractivity contribution in [2.24, 2.45) is 0 Å². The molecule has 2 aromatic rings. The third kappa shape index (κ3) is 3.39. The molecule has 2 rings (SSSR count). The van der Waals surface area contributed by atoms with Crippen molar-refractivity contribution >= 4 is 11.9 Å². The molecular formula is C16H15NO4. The summed E-state index contributed by atoms with van der Waals surface area (Å²) in [7, 11) is 1.56. The third-order valence-corrected chi connectivity index (χ3v) is 2.93. The maximum absolute atomic E-state index is 11.9. The predicted molar refractivity (Wildman–Crippen MR) is 78.4 cm³/mol. The first kappa shape index (κ1) is 14.6. The van der Waals surface area contributed by atoms with E-state index in [-0.39, 0.29) is 5.91 Å². The molecule has 0 unspecified atom stereocenters. The molecule has 0 fully saturated rings. The van der Waals surface area contributed by atoms with Crippen LogP contribution >= 0.6 is 0 Å². The molecule has 1 amide bonds. The summed E-state index contributed by atoms with van der Waals surface area (Å²) >= 11 is 0. The van der Waals surface area contributed by atoms with E-state index in [1.807, 2.05) is 12.1 Å². The highest BCUT2D eigenvalue weighted by molar-refractivity contribution is 6.01. The molecular weight excluding hydrogens is 270 g/mol. The number of nitrogens with one attached hydrogen (secondary N) is 1. The zero-order valence-corrected chi connectivity index (χ0v) is 11.5. The molecule has 0 aliphatic heterocycles. The van der Waals surface area contributed by atoms with E-state index in [0.717, 1.165) is 0 Å². The zero-order chi connectivity index (χ0) is 15.2. The molecule has 0 aliphatic rings. The van der Waals surface area contributed by atoms with Crippen molar-refractivity contribution in [3.63, 3.8) is 0 Å². The van der Waals surface area contributed by atoms with Crippen LogP contribution in [0.3, 0.4) is 0 Å².